The van der Waals surface area contributed by atoms with Crippen LogP contribution < -0.4 is 0 Å². The minimum Gasteiger partial charge on any atom is -0.481 e. The lowest BCUT2D eigenvalue weighted by Crippen LogP contribution is -2.17. The number of carboxylic acid groups (broad SMARTS) is 1. The molecule has 90 valence electrons. The van der Waals surface area contributed by atoms with Crippen molar-refractivity contribution in [3.63, 3.8) is 0 Å². The number of hydrogen-bond acceptors (Lipinski definition) is 3. The number of rotatable bonds is 6. The van der Waals surface area contributed by atoms with Gasteiger partial charge < -0.3 is 10.2 Å². The predicted molar refractivity (Wildman–Crippen MR) is 58.9 cm³/mol. The van der Waals surface area contributed by atoms with Gasteiger partial charge >= 0.3 is 5.97 Å². The van der Waals surface area contributed by atoms with Gasteiger partial charge in [0.2, 0.25) is 0 Å². The molecule has 0 aromatic carbocycles. The molecular weight excluding hydrogens is 208 g/mol. The highest BCUT2D eigenvalue weighted by atomic mass is 16.4. The van der Waals surface area contributed by atoms with E-state index < -0.39 is 5.97 Å². The molecule has 1 fully saturated rings. The van der Waals surface area contributed by atoms with E-state index in [-0.39, 0.29) is 30.6 Å². The summed E-state index contributed by atoms with van der Waals surface area (Å²) >= 11 is 0. The SMILES string of the molecule is O=C(O)C[C@H]1CCC(=O)[C@@H]1CC=CCCO. The summed E-state index contributed by atoms with van der Waals surface area (Å²) in [4.78, 5) is 22.2. The van der Waals surface area contributed by atoms with Crippen LogP contribution in [0, 0.1) is 11.8 Å². The number of aliphatic carboxylic acids is 1. The number of carboxylic acids is 1. The highest BCUT2D eigenvalue weighted by molar-refractivity contribution is 5.84. The second kappa shape index (κ2) is 6.43. The molecule has 0 aliphatic heterocycles. The van der Waals surface area contributed by atoms with Crippen LogP contribution in [0.4, 0.5) is 0 Å². The van der Waals surface area contributed by atoms with Crippen molar-refractivity contribution in [1.82, 2.24) is 0 Å². The minimum absolute atomic E-state index is 0.0104. The number of carbonyl (C=O) groups excluding carboxylic acids is 1. The lowest BCUT2D eigenvalue weighted by molar-refractivity contribution is -0.138. The molecule has 4 nitrogen and oxygen atoms in total. The molecule has 0 unspecified atom stereocenters. The Hall–Kier alpha value is -1.16. The molecule has 0 saturated heterocycles. The first-order chi connectivity index (χ1) is 7.65. The van der Waals surface area contributed by atoms with Crippen LogP contribution in [0.25, 0.3) is 0 Å². The summed E-state index contributed by atoms with van der Waals surface area (Å²) in [6.45, 7) is 0.105. The molecule has 1 rings (SSSR count). The van der Waals surface area contributed by atoms with Crippen LogP contribution in [-0.2, 0) is 9.59 Å². The van der Waals surface area contributed by atoms with Crippen LogP contribution in [0.3, 0.4) is 0 Å². The van der Waals surface area contributed by atoms with Crippen LogP contribution >= 0.6 is 0 Å². The second-order valence-corrected chi connectivity index (χ2v) is 4.19. The van der Waals surface area contributed by atoms with Crippen molar-refractivity contribution in [3.8, 4) is 0 Å². The molecule has 2 atom stereocenters. The zero-order valence-electron chi connectivity index (χ0n) is 9.26. The van der Waals surface area contributed by atoms with Crippen LogP contribution in [0.1, 0.15) is 32.1 Å². The van der Waals surface area contributed by atoms with Crippen molar-refractivity contribution in [3.05, 3.63) is 12.2 Å². The fraction of sp³-hybridized carbons (Fsp3) is 0.667. The quantitative estimate of drug-likeness (QED) is 0.671. The zero-order valence-corrected chi connectivity index (χ0v) is 9.26. The fourth-order valence-electron chi connectivity index (χ4n) is 2.20. The first-order valence-electron chi connectivity index (χ1n) is 5.65. The molecular formula is C12H18O4. The maximum atomic E-state index is 11.6. The lowest BCUT2D eigenvalue weighted by Gasteiger charge is -2.14. The average molecular weight is 226 g/mol. The molecule has 16 heavy (non-hydrogen) atoms. The van der Waals surface area contributed by atoms with Crippen LogP contribution in [0.5, 0.6) is 0 Å². The third-order valence-electron chi connectivity index (χ3n) is 3.03. The number of aliphatic hydroxyl groups is 1. The summed E-state index contributed by atoms with van der Waals surface area (Å²) in [5.41, 5.74) is 0. The first-order valence-corrected chi connectivity index (χ1v) is 5.65. The molecule has 2 N–H and O–H groups in total. The van der Waals surface area contributed by atoms with Crippen molar-refractivity contribution < 1.29 is 19.8 Å². The summed E-state index contributed by atoms with van der Waals surface area (Å²) in [5.74, 6) is -0.793. The van der Waals surface area contributed by atoms with Gasteiger partial charge in [0, 0.05) is 25.4 Å². The number of Topliss-reactive ketones (excluding diaryl/α,β-unsaturated/α-hetero) is 1. The Balaban J connectivity index is 2.46. The van der Waals surface area contributed by atoms with Gasteiger partial charge in [-0.3, -0.25) is 9.59 Å². The van der Waals surface area contributed by atoms with E-state index in [1.165, 1.54) is 0 Å². The third-order valence-corrected chi connectivity index (χ3v) is 3.03. The van der Waals surface area contributed by atoms with E-state index in [1.54, 1.807) is 0 Å². The van der Waals surface area contributed by atoms with Gasteiger partial charge in [-0.2, -0.15) is 0 Å². The number of allylic oxidation sites excluding steroid dienone is 1. The van der Waals surface area contributed by atoms with E-state index in [0.29, 0.717) is 25.7 Å². The Morgan fingerprint density at radius 1 is 1.44 bits per heavy atom. The van der Waals surface area contributed by atoms with Crippen molar-refractivity contribution >= 4 is 11.8 Å². The van der Waals surface area contributed by atoms with E-state index in [4.69, 9.17) is 10.2 Å². The van der Waals surface area contributed by atoms with E-state index in [2.05, 4.69) is 0 Å². The van der Waals surface area contributed by atoms with E-state index >= 15 is 0 Å². The Labute approximate surface area is 95.0 Å². The molecule has 0 aromatic heterocycles. The normalized spacial score (nSPS) is 25.4. The molecule has 1 saturated carbocycles. The maximum Gasteiger partial charge on any atom is 0.303 e. The highest BCUT2D eigenvalue weighted by Crippen LogP contribution is 2.33. The number of hydrogen-bond donors (Lipinski definition) is 2. The summed E-state index contributed by atoms with van der Waals surface area (Å²) < 4.78 is 0. The molecule has 0 radical (unpaired) electrons. The molecule has 0 heterocycles. The fourth-order valence-corrected chi connectivity index (χ4v) is 2.20. The summed E-state index contributed by atoms with van der Waals surface area (Å²) in [6, 6.07) is 0. The zero-order chi connectivity index (χ0) is 12.0. The Morgan fingerprint density at radius 3 is 2.81 bits per heavy atom. The van der Waals surface area contributed by atoms with Gasteiger partial charge in [-0.15, -0.1) is 0 Å². The van der Waals surface area contributed by atoms with E-state index in [1.807, 2.05) is 12.2 Å². The number of carbonyl (C=O) groups is 2. The topological polar surface area (TPSA) is 74.6 Å². The van der Waals surface area contributed by atoms with Crippen molar-refractivity contribution in [2.45, 2.75) is 32.1 Å². The minimum atomic E-state index is -0.830. The van der Waals surface area contributed by atoms with Crippen LogP contribution in [0.2, 0.25) is 0 Å². The summed E-state index contributed by atoms with van der Waals surface area (Å²) in [5, 5.41) is 17.3. The molecule has 0 bridgehead atoms. The summed E-state index contributed by atoms with van der Waals surface area (Å²) in [7, 11) is 0. The molecule has 0 amide bonds. The average Bonchev–Trinajstić information content (AvgIpc) is 2.55. The molecule has 1 aliphatic carbocycles. The maximum absolute atomic E-state index is 11.6. The second-order valence-electron chi connectivity index (χ2n) is 4.19. The van der Waals surface area contributed by atoms with Gasteiger partial charge in [0.25, 0.3) is 0 Å². The Bertz CT molecular complexity index is 283. The third kappa shape index (κ3) is 3.77. The van der Waals surface area contributed by atoms with Crippen molar-refractivity contribution in [2.75, 3.05) is 6.61 Å². The van der Waals surface area contributed by atoms with E-state index in [9.17, 15) is 9.59 Å². The van der Waals surface area contributed by atoms with Gasteiger partial charge in [0.15, 0.2) is 0 Å². The lowest BCUT2D eigenvalue weighted by atomic mass is 9.89. The monoisotopic (exact) mass is 226 g/mol. The Kier molecular flexibility index (Phi) is 5.19. The number of ketones is 1. The van der Waals surface area contributed by atoms with Crippen molar-refractivity contribution in [2.24, 2.45) is 11.8 Å². The van der Waals surface area contributed by atoms with Gasteiger partial charge in [-0.05, 0) is 25.2 Å². The van der Waals surface area contributed by atoms with Gasteiger partial charge in [0.05, 0.1) is 0 Å². The van der Waals surface area contributed by atoms with Gasteiger partial charge in [0.1, 0.15) is 5.78 Å². The molecule has 4 heteroatoms. The molecule has 0 spiro atoms. The predicted octanol–water partition coefficient (Wildman–Crippen LogP) is 1.39. The first kappa shape index (κ1) is 12.9. The van der Waals surface area contributed by atoms with Gasteiger partial charge in [-0.1, -0.05) is 12.2 Å². The number of aliphatic hydroxyl groups excluding tert-OH is 1. The van der Waals surface area contributed by atoms with E-state index in [0.717, 1.165) is 0 Å². The smallest absolute Gasteiger partial charge is 0.303 e. The molecule has 1 aliphatic rings. The Morgan fingerprint density at radius 2 is 2.19 bits per heavy atom. The molecule has 0 aromatic rings. The van der Waals surface area contributed by atoms with Crippen LogP contribution in [0.15, 0.2) is 12.2 Å². The highest BCUT2D eigenvalue weighted by Gasteiger charge is 2.34. The standard InChI is InChI=1S/C12H18O4/c13-7-3-1-2-4-10-9(8-12(15)16)5-6-11(10)14/h1-2,9-10,13H,3-8H2,(H,15,16)/t9-,10-/m1/s1. The van der Waals surface area contributed by atoms with Crippen LogP contribution in [-0.4, -0.2) is 28.6 Å². The van der Waals surface area contributed by atoms with Crippen molar-refractivity contribution in [1.29, 1.82) is 0 Å². The largest absolute Gasteiger partial charge is 0.481 e. The summed E-state index contributed by atoms with van der Waals surface area (Å²) in [6.07, 6.45) is 6.20. The van der Waals surface area contributed by atoms with Gasteiger partial charge in [-0.25, -0.2) is 0 Å².